The molecule has 0 bridgehead atoms. The van der Waals surface area contributed by atoms with Crippen molar-refractivity contribution in [2.24, 2.45) is 5.73 Å². The van der Waals surface area contributed by atoms with Crippen molar-refractivity contribution in [1.29, 1.82) is 0 Å². The van der Waals surface area contributed by atoms with Crippen LogP contribution in [-0.4, -0.2) is 30.1 Å². The third-order valence-corrected chi connectivity index (χ3v) is 1.88. The summed E-state index contributed by atoms with van der Waals surface area (Å²) < 4.78 is 5.04. The summed E-state index contributed by atoms with van der Waals surface area (Å²) in [7, 11) is 0. The number of amides is 1. The fraction of sp³-hybridized carbons (Fsp3) is 0.818. The summed E-state index contributed by atoms with van der Waals surface area (Å²) in [5.74, 6) is -0.0303. The lowest BCUT2D eigenvalue weighted by Crippen LogP contribution is -2.34. The third kappa shape index (κ3) is 8.23. The Morgan fingerprint density at radius 2 is 1.94 bits per heavy atom. The lowest BCUT2D eigenvalue weighted by molar-refractivity contribution is -0.118. The van der Waals surface area contributed by atoms with Crippen molar-refractivity contribution >= 4 is 11.9 Å². The van der Waals surface area contributed by atoms with Crippen LogP contribution in [0.3, 0.4) is 0 Å². The lowest BCUT2D eigenvalue weighted by Gasteiger charge is -2.19. The maximum Gasteiger partial charge on any atom is 0.407 e. The van der Waals surface area contributed by atoms with Crippen molar-refractivity contribution in [2.75, 3.05) is 6.54 Å². The number of nitrogens with one attached hydrogen (secondary N) is 1. The first-order chi connectivity index (χ1) is 7.22. The first-order valence-electron chi connectivity index (χ1n) is 5.45. The van der Waals surface area contributed by atoms with Gasteiger partial charge in [0.05, 0.1) is 6.04 Å². The van der Waals surface area contributed by atoms with E-state index in [1.165, 1.54) is 6.92 Å². The second-order valence-corrected chi connectivity index (χ2v) is 4.79. The van der Waals surface area contributed by atoms with Gasteiger partial charge in [0.1, 0.15) is 11.4 Å². The second kappa shape index (κ2) is 6.48. The normalized spacial score (nSPS) is 13.1. The Hall–Kier alpha value is -1.10. The van der Waals surface area contributed by atoms with Gasteiger partial charge in [-0.2, -0.15) is 0 Å². The summed E-state index contributed by atoms with van der Waals surface area (Å²) in [5, 5.41) is 2.61. The molecule has 0 aliphatic heterocycles. The topological polar surface area (TPSA) is 81.4 Å². The fourth-order valence-corrected chi connectivity index (χ4v) is 1.03. The second-order valence-electron chi connectivity index (χ2n) is 4.79. The van der Waals surface area contributed by atoms with E-state index in [1.807, 2.05) is 0 Å². The van der Waals surface area contributed by atoms with Gasteiger partial charge in [-0.25, -0.2) is 4.79 Å². The largest absolute Gasteiger partial charge is 0.444 e. The van der Waals surface area contributed by atoms with Crippen LogP contribution in [0.25, 0.3) is 0 Å². The summed E-state index contributed by atoms with van der Waals surface area (Å²) in [6.45, 7) is 7.34. The molecule has 0 rings (SSSR count). The van der Waals surface area contributed by atoms with E-state index in [4.69, 9.17) is 10.5 Å². The van der Waals surface area contributed by atoms with Crippen LogP contribution in [0, 0.1) is 0 Å². The molecule has 0 aliphatic carbocycles. The summed E-state index contributed by atoms with van der Waals surface area (Å²) >= 11 is 0. The molecule has 3 N–H and O–H groups in total. The Morgan fingerprint density at radius 1 is 1.38 bits per heavy atom. The first-order valence-corrected chi connectivity index (χ1v) is 5.45. The number of Topliss-reactive ketones (excluding diaryl/α,β-unsaturated/α-hetero) is 1. The average molecular weight is 230 g/mol. The van der Waals surface area contributed by atoms with Gasteiger partial charge in [-0.15, -0.1) is 0 Å². The van der Waals surface area contributed by atoms with Gasteiger partial charge in [-0.3, -0.25) is 4.79 Å². The quantitative estimate of drug-likeness (QED) is 0.695. The molecular weight excluding hydrogens is 208 g/mol. The number of hydrogen-bond donors (Lipinski definition) is 2. The van der Waals surface area contributed by atoms with E-state index in [-0.39, 0.29) is 5.78 Å². The van der Waals surface area contributed by atoms with Crippen molar-refractivity contribution in [3.63, 3.8) is 0 Å². The van der Waals surface area contributed by atoms with E-state index in [9.17, 15) is 9.59 Å². The lowest BCUT2D eigenvalue weighted by atomic mass is 10.1. The molecule has 16 heavy (non-hydrogen) atoms. The molecule has 1 unspecified atom stereocenters. The van der Waals surface area contributed by atoms with E-state index in [1.54, 1.807) is 20.8 Å². The van der Waals surface area contributed by atoms with E-state index in [0.29, 0.717) is 19.4 Å². The number of carbonyl (C=O) groups excluding carboxylic acids is 2. The van der Waals surface area contributed by atoms with E-state index in [2.05, 4.69) is 5.32 Å². The molecule has 5 nitrogen and oxygen atoms in total. The zero-order valence-electron chi connectivity index (χ0n) is 10.5. The molecule has 0 aliphatic rings. The van der Waals surface area contributed by atoms with Gasteiger partial charge >= 0.3 is 6.09 Å². The fourth-order valence-electron chi connectivity index (χ4n) is 1.03. The Balaban J connectivity index is 3.60. The molecule has 0 saturated carbocycles. The van der Waals surface area contributed by atoms with Gasteiger partial charge in [0, 0.05) is 6.54 Å². The highest BCUT2D eigenvalue weighted by Gasteiger charge is 2.15. The molecule has 0 aromatic rings. The van der Waals surface area contributed by atoms with Crippen molar-refractivity contribution in [3.05, 3.63) is 0 Å². The van der Waals surface area contributed by atoms with Crippen molar-refractivity contribution < 1.29 is 14.3 Å². The minimum absolute atomic E-state index is 0.0303. The minimum atomic E-state index is -0.486. The standard InChI is InChI=1S/C11H22N2O3/c1-8(14)9(12)6-5-7-13-10(15)16-11(2,3)4/h9H,5-7,12H2,1-4H3,(H,13,15). The van der Waals surface area contributed by atoms with Crippen LogP contribution in [0.5, 0.6) is 0 Å². The number of rotatable bonds is 5. The van der Waals surface area contributed by atoms with E-state index in [0.717, 1.165) is 0 Å². The maximum atomic E-state index is 11.2. The Labute approximate surface area is 96.7 Å². The SMILES string of the molecule is CC(=O)C(N)CCCNC(=O)OC(C)(C)C. The molecular formula is C11H22N2O3. The number of ketones is 1. The molecule has 1 atom stereocenters. The van der Waals surface area contributed by atoms with Crippen LogP contribution in [-0.2, 0) is 9.53 Å². The molecule has 94 valence electrons. The Morgan fingerprint density at radius 3 is 2.38 bits per heavy atom. The molecule has 0 aromatic carbocycles. The van der Waals surface area contributed by atoms with Crippen molar-refractivity contribution in [2.45, 2.75) is 52.2 Å². The minimum Gasteiger partial charge on any atom is -0.444 e. The highest BCUT2D eigenvalue weighted by Crippen LogP contribution is 2.06. The molecule has 0 spiro atoms. The molecule has 5 heteroatoms. The molecule has 0 fully saturated rings. The predicted molar refractivity (Wildman–Crippen MR) is 62.1 cm³/mol. The number of carbonyl (C=O) groups is 2. The highest BCUT2D eigenvalue weighted by atomic mass is 16.6. The van der Waals surface area contributed by atoms with Gasteiger partial charge in [0.2, 0.25) is 0 Å². The summed E-state index contributed by atoms with van der Waals surface area (Å²) in [5.41, 5.74) is 5.06. The van der Waals surface area contributed by atoms with Crippen LogP contribution in [0.4, 0.5) is 4.79 Å². The van der Waals surface area contributed by atoms with Crippen LogP contribution in [0.2, 0.25) is 0 Å². The molecule has 1 amide bonds. The maximum absolute atomic E-state index is 11.2. The number of alkyl carbamates (subject to hydrolysis) is 1. The third-order valence-electron chi connectivity index (χ3n) is 1.88. The number of nitrogens with two attached hydrogens (primary N) is 1. The molecule has 0 aromatic heterocycles. The van der Waals surface area contributed by atoms with Crippen molar-refractivity contribution in [1.82, 2.24) is 5.32 Å². The van der Waals surface area contributed by atoms with Crippen LogP contribution in [0.1, 0.15) is 40.5 Å². The molecule has 0 saturated heterocycles. The van der Waals surface area contributed by atoms with Gasteiger partial charge < -0.3 is 15.8 Å². The van der Waals surface area contributed by atoms with Crippen molar-refractivity contribution in [3.8, 4) is 0 Å². The number of ether oxygens (including phenoxy) is 1. The van der Waals surface area contributed by atoms with Gasteiger partial charge in [0.15, 0.2) is 0 Å². The summed E-state index contributed by atoms with van der Waals surface area (Å²) in [4.78, 5) is 22.0. The van der Waals surface area contributed by atoms with Crippen LogP contribution < -0.4 is 11.1 Å². The Kier molecular flexibility index (Phi) is 6.03. The summed E-state index contributed by atoms with van der Waals surface area (Å²) in [6.07, 6.45) is 0.800. The van der Waals surface area contributed by atoms with Gasteiger partial charge in [-0.1, -0.05) is 0 Å². The van der Waals surface area contributed by atoms with Crippen LogP contribution >= 0.6 is 0 Å². The van der Waals surface area contributed by atoms with E-state index >= 15 is 0 Å². The Bertz CT molecular complexity index is 246. The monoisotopic (exact) mass is 230 g/mol. The van der Waals surface area contributed by atoms with Gasteiger partial charge in [-0.05, 0) is 40.5 Å². The predicted octanol–water partition coefficient (Wildman–Crippen LogP) is 1.21. The average Bonchev–Trinajstić information content (AvgIpc) is 2.08. The highest BCUT2D eigenvalue weighted by molar-refractivity contribution is 5.81. The summed E-state index contributed by atoms with van der Waals surface area (Å²) in [6, 6.07) is -0.430. The molecule has 0 radical (unpaired) electrons. The van der Waals surface area contributed by atoms with E-state index < -0.39 is 17.7 Å². The zero-order valence-corrected chi connectivity index (χ0v) is 10.5. The van der Waals surface area contributed by atoms with Crippen LogP contribution in [0.15, 0.2) is 0 Å². The van der Waals surface area contributed by atoms with Gasteiger partial charge in [0.25, 0.3) is 0 Å². The first kappa shape index (κ1) is 14.9. The zero-order chi connectivity index (χ0) is 12.8. The molecule has 0 heterocycles. The smallest absolute Gasteiger partial charge is 0.407 e. The number of hydrogen-bond acceptors (Lipinski definition) is 4.